The molecule has 1 amide bonds. The van der Waals surface area contributed by atoms with Gasteiger partial charge in [0.15, 0.2) is 6.61 Å². The molecule has 2 aromatic rings. The van der Waals surface area contributed by atoms with Crippen molar-refractivity contribution in [1.29, 1.82) is 0 Å². The van der Waals surface area contributed by atoms with Crippen molar-refractivity contribution in [1.82, 2.24) is 0 Å². The van der Waals surface area contributed by atoms with E-state index in [0.717, 1.165) is 30.2 Å². The molecule has 4 rings (SSSR count). The summed E-state index contributed by atoms with van der Waals surface area (Å²) in [7, 11) is 0. The molecule has 2 aromatic carbocycles. The van der Waals surface area contributed by atoms with Crippen LogP contribution in [0.15, 0.2) is 36.4 Å². The number of nitrogens with zero attached hydrogens (tertiary/aromatic N) is 1. The molecule has 0 unspecified atom stereocenters. The van der Waals surface area contributed by atoms with Gasteiger partial charge in [-0.1, -0.05) is 0 Å². The zero-order valence-corrected chi connectivity index (χ0v) is 13.8. The molecule has 0 aromatic heterocycles. The van der Waals surface area contributed by atoms with Crippen molar-refractivity contribution in [2.45, 2.75) is 19.8 Å². The van der Waals surface area contributed by atoms with Gasteiger partial charge in [0.2, 0.25) is 0 Å². The van der Waals surface area contributed by atoms with E-state index >= 15 is 0 Å². The number of ether oxygens (including phenoxy) is 1. The molecular weight excluding hydrogens is 302 g/mol. The molecule has 2 aliphatic heterocycles. The molecule has 5 nitrogen and oxygen atoms in total. The zero-order valence-electron chi connectivity index (χ0n) is 13.8. The van der Waals surface area contributed by atoms with E-state index in [1.165, 1.54) is 24.1 Å². The van der Waals surface area contributed by atoms with Crippen LogP contribution in [0.25, 0.3) is 0 Å². The van der Waals surface area contributed by atoms with Crippen LogP contribution >= 0.6 is 0 Å². The molecule has 2 N–H and O–H groups in total. The molecule has 0 bridgehead atoms. The third kappa shape index (κ3) is 2.89. The Labute approximate surface area is 141 Å². The van der Waals surface area contributed by atoms with Crippen LogP contribution in [0, 0.1) is 6.92 Å². The molecule has 0 atom stereocenters. The fourth-order valence-corrected chi connectivity index (χ4v) is 3.27. The Hall–Kier alpha value is -2.69. The fourth-order valence-electron chi connectivity index (χ4n) is 3.27. The second kappa shape index (κ2) is 6.07. The standard InChI is InChI=1S/C19H21N3O2/c1-13-10-15(22-8-2-3-9-22)5-7-16(13)20-14-4-6-17-18(11-14)24-12-19(23)21-17/h4-7,10-11,20H,2-3,8-9,12H2,1H3,(H,21,23). The third-order valence-electron chi connectivity index (χ3n) is 4.57. The van der Waals surface area contributed by atoms with Gasteiger partial charge in [-0.25, -0.2) is 0 Å². The summed E-state index contributed by atoms with van der Waals surface area (Å²) in [5.41, 5.74) is 5.26. The second-order valence-electron chi connectivity index (χ2n) is 6.37. The highest BCUT2D eigenvalue weighted by molar-refractivity contribution is 5.95. The van der Waals surface area contributed by atoms with Crippen molar-refractivity contribution in [3.8, 4) is 5.75 Å². The Kier molecular flexibility index (Phi) is 3.76. The number of carbonyl (C=O) groups is 1. The van der Waals surface area contributed by atoms with Gasteiger partial charge in [0, 0.05) is 36.2 Å². The summed E-state index contributed by atoms with van der Waals surface area (Å²) >= 11 is 0. The quantitative estimate of drug-likeness (QED) is 0.905. The van der Waals surface area contributed by atoms with Crippen molar-refractivity contribution >= 4 is 28.7 Å². The summed E-state index contributed by atoms with van der Waals surface area (Å²) in [4.78, 5) is 13.8. The van der Waals surface area contributed by atoms with Gasteiger partial charge in [0.25, 0.3) is 5.91 Å². The molecule has 0 radical (unpaired) electrons. The molecule has 1 fully saturated rings. The van der Waals surface area contributed by atoms with Crippen LogP contribution in [-0.4, -0.2) is 25.6 Å². The SMILES string of the molecule is Cc1cc(N2CCCC2)ccc1Nc1ccc2c(c1)OCC(=O)N2. The smallest absolute Gasteiger partial charge is 0.262 e. The van der Waals surface area contributed by atoms with Gasteiger partial charge in [-0.05, 0) is 55.7 Å². The molecular formula is C19H21N3O2. The largest absolute Gasteiger partial charge is 0.482 e. The predicted molar refractivity (Wildman–Crippen MR) is 96.5 cm³/mol. The van der Waals surface area contributed by atoms with Crippen molar-refractivity contribution in [3.05, 3.63) is 42.0 Å². The van der Waals surface area contributed by atoms with Crippen molar-refractivity contribution < 1.29 is 9.53 Å². The van der Waals surface area contributed by atoms with Crippen molar-refractivity contribution in [2.24, 2.45) is 0 Å². The Balaban J connectivity index is 1.54. The van der Waals surface area contributed by atoms with Crippen LogP contribution in [0.3, 0.4) is 0 Å². The number of amides is 1. The molecule has 124 valence electrons. The van der Waals surface area contributed by atoms with Gasteiger partial charge < -0.3 is 20.3 Å². The van der Waals surface area contributed by atoms with E-state index in [-0.39, 0.29) is 12.5 Å². The van der Waals surface area contributed by atoms with E-state index in [0.29, 0.717) is 5.75 Å². The van der Waals surface area contributed by atoms with Gasteiger partial charge in [-0.3, -0.25) is 4.79 Å². The molecule has 1 saturated heterocycles. The van der Waals surface area contributed by atoms with Crippen LogP contribution in [0.5, 0.6) is 5.75 Å². The van der Waals surface area contributed by atoms with E-state index < -0.39 is 0 Å². The summed E-state index contributed by atoms with van der Waals surface area (Å²) < 4.78 is 5.47. The number of aryl methyl sites for hydroxylation is 1. The minimum Gasteiger partial charge on any atom is -0.482 e. The van der Waals surface area contributed by atoms with Crippen LogP contribution in [0.1, 0.15) is 18.4 Å². The first kappa shape index (κ1) is 14.9. The number of hydrogen-bond donors (Lipinski definition) is 2. The van der Waals surface area contributed by atoms with Crippen molar-refractivity contribution in [3.63, 3.8) is 0 Å². The van der Waals surface area contributed by atoms with Crippen LogP contribution < -0.4 is 20.3 Å². The third-order valence-corrected chi connectivity index (χ3v) is 4.57. The highest BCUT2D eigenvalue weighted by Crippen LogP contribution is 2.33. The Morgan fingerprint density at radius 3 is 2.75 bits per heavy atom. The normalized spacial score (nSPS) is 16.4. The number of benzene rings is 2. The summed E-state index contributed by atoms with van der Waals surface area (Å²) in [5.74, 6) is 0.586. The van der Waals surface area contributed by atoms with E-state index in [1.807, 2.05) is 18.2 Å². The first-order chi connectivity index (χ1) is 11.7. The number of anilines is 4. The molecule has 5 heteroatoms. The first-order valence-electron chi connectivity index (χ1n) is 8.38. The lowest BCUT2D eigenvalue weighted by Gasteiger charge is -2.21. The highest BCUT2D eigenvalue weighted by atomic mass is 16.5. The van der Waals surface area contributed by atoms with E-state index in [1.54, 1.807) is 0 Å². The highest BCUT2D eigenvalue weighted by Gasteiger charge is 2.16. The van der Waals surface area contributed by atoms with E-state index in [9.17, 15) is 4.79 Å². The lowest BCUT2D eigenvalue weighted by atomic mass is 10.1. The molecule has 0 spiro atoms. The number of carbonyl (C=O) groups excluding carboxylic acids is 1. The number of fused-ring (bicyclic) bond motifs is 1. The molecule has 0 aliphatic carbocycles. The van der Waals surface area contributed by atoms with Crippen molar-refractivity contribution in [2.75, 3.05) is 35.2 Å². The molecule has 2 heterocycles. The molecule has 0 saturated carbocycles. The summed E-state index contributed by atoms with van der Waals surface area (Å²) in [6.45, 7) is 4.50. The van der Waals surface area contributed by atoms with Gasteiger partial charge in [-0.2, -0.15) is 0 Å². The maximum absolute atomic E-state index is 11.3. The monoisotopic (exact) mass is 323 g/mol. The summed E-state index contributed by atoms with van der Waals surface area (Å²) in [6, 6.07) is 12.3. The van der Waals surface area contributed by atoms with Gasteiger partial charge in [-0.15, -0.1) is 0 Å². The minimum atomic E-state index is -0.114. The maximum Gasteiger partial charge on any atom is 0.262 e. The average molecular weight is 323 g/mol. The van der Waals surface area contributed by atoms with E-state index in [2.05, 4.69) is 40.7 Å². The van der Waals surface area contributed by atoms with E-state index in [4.69, 9.17) is 4.74 Å². The van der Waals surface area contributed by atoms with Crippen LogP contribution in [0.2, 0.25) is 0 Å². The Bertz CT molecular complexity index is 782. The minimum absolute atomic E-state index is 0.0695. The summed E-state index contributed by atoms with van der Waals surface area (Å²) in [6.07, 6.45) is 2.56. The Morgan fingerprint density at radius 2 is 1.96 bits per heavy atom. The maximum atomic E-state index is 11.3. The van der Waals surface area contributed by atoms with Gasteiger partial charge in [0.05, 0.1) is 5.69 Å². The van der Waals surface area contributed by atoms with Gasteiger partial charge >= 0.3 is 0 Å². The van der Waals surface area contributed by atoms with Gasteiger partial charge in [0.1, 0.15) is 5.75 Å². The molecule has 2 aliphatic rings. The average Bonchev–Trinajstić information content (AvgIpc) is 3.11. The first-order valence-corrected chi connectivity index (χ1v) is 8.38. The number of nitrogens with one attached hydrogen (secondary N) is 2. The lowest BCUT2D eigenvalue weighted by Crippen LogP contribution is -2.25. The topological polar surface area (TPSA) is 53.6 Å². The lowest BCUT2D eigenvalue weighted by molar-refractivity contribution is -0.118. The summed E-state index contributed by atoms with van der Waals surface area (Å²) in [5, 5.41) is 6.24. The molecule has 24 heavy (non-hydrogen) atoms. The van der Waals surface area contributed by atoms with Crippen LogP contribution in [-0.2, 0) is 4.79 Å². The van der Waals surface area contributed by atoms with Crippen LogP contribution in [0.4, 0.5) is 22.7 Å². The fraction of sp³-hybridized carbons (Fsp3) is 0.316. The zero-order chi connectivity index (χ0) is 16.5. The number of rotatable bonds is 3. The number of hydrogen-bond acceptors (Lipinski definition) is 4. The Morgan fingerprint density at radius 1 is 1.12 bits per heavy atom. The predicted octanol–water partition coefficient (Wildman–Crippen LogP) is 3.67. The second-order valence-corrected chi connectivity index (χ2v) is 6.37.